The zero-order valence-corrected chi connectivity index (χ0v) is 9.78. The molecular weight excluding hydrogens is 284 g/mol. The number of methoxy groups -OCH3 is 1. The molecule has 0 aromatic heterocycles. The van der Waals surface area contributed by atoms with Gasteiger partial charge < -0.3 is 4.74 Å². The third kappa shape index (κ3) is 1.72. The highest BCUT2D eigenvalue weighted by Crippen LogP contribution is 2.35. The summed E-state index contributed by atoms with van der Waals surface area (Å²) in [5, 5.41) is 0. The van der Waals surface area contributed by atoms with E-state index < -0.39 is 0 Å². The fourth-order valence-electron chi connectivity index (χ4n) is 0.892. The summed E-state index contributed by atoms with van der Waals surface area (Å²) in [6.07, 6.45) is 1.78. The van der Waals surface area contributed by atoms with Crippen molar-refractivity contribution in [2.45, 2.75) is 0 Å². The molecule has 0 heterocycles. The van der Waals surface area contributed by atoms with E-state index in [1.165, 1.54) is 0 Å². The summed E-state index contributed by atoms with van der Waals surface area (Å²) in [4.78, 5) is 0. The zero-order valence-electron chi connectivity index (χ0n) is 6.60. The molecule has 0 saturated carbocycles. The molecule has 0 radical (unpaired) electrons. The van der Waals surface area contributed by atoms with Gasteiger partial charge in [-0.15, -0.1) is 0 Å². The van der Waals surface area contributed by atoms with Gasteiger partial charge in [-0.2, -0.15) is 0 Å². The minimum absolute atomic E-state index is 0.799. The first-order valence-corrected chi connectivity index (χ1v) is 4.93. The number of rotatable bonds is 2. The van der Waals surface area contributed by atoms with Gasteiger partial charge in [-0.1, -0.05) is 18.7 Å². The molecule has 0 atom stereocenters. The molecule has 0 aliphatic heterocycles. The Hall–Kier alpha value is -0.280. The van der Waals surface area contributed by atoms with E-state index in [4.69, 9.17) is 4.74 Å². The maximum atomic E-state index is 5.18. The highest BCUT2D eigenvalue weighted by Gasteiger charge is 2.07. The van der Waals surface area contributed by atoms with E-state index in [9.17, 15) is 0 Å². The van der Waals surface area contributed by atoms with Gasteiger partial charge in [-0.25, -0.2) is 0 Å². The van der Waals surface area contributed by atoms with Crippen molar-refractivity contribution in [3.8, 4) is 5.75 Å². The van der Waals surface area contributed by atoms with Crippen molar-refractivity contribution in [1.29, 1.82) is 0 Å². The Kier molecular flexibility index (Phi) is 3.35. The predicted molar refractivity (Wildman–Crippen MR) is 58.5 cm³/mol. The van der Waals surface area contributed by atoms with Gasteiger partial charge in [0.1, 0.15) is 5.75 Å². The summed E-state index contributed by atoms with van der Waals surface area (Å²) < 4.78 is 7.03. The van der Waals surface area contributed by atoms with Crippen LogP contribution in [0.5, 0.6) is 5.75 Å². The van der Waals surface area contributed by atoms with Crippen molar-refractivity contribution in [3.05, 3.63) is 33.2 Å². The van der Waals surface area contributed by atoms with Crippen molar-refractivity contribution in [2.75, 3.05) is 7.11 Å². The molecule has 0 saturated heterocycles. The molecule has 0 amide bonds. The predicted octanol–water partition coefficient (Wildman–Crippen LogP) is 3.86. The standard InChI is InChI=1S/C9H8Br2O/c1-3-6-4-5-7(10)9(12-2)8(6)11/h3-5H,1H2,2H3. The minimum Gasteiger partial charge on any atom is -0.494 e. The van der Waals surface area contributed by atoms with Gasteiger partial charge in [0.25, 0.3) is 0 Å². The van der Waals surface area contributed by atoms with Crippen LogP contribution in [0.25, 0.3) is 6.08 Å². The van der Waals surface area contributed by atoms with Crippen molar-refractivity contribution in [2.24, 2.45) is 0 Å². The largest absolute Gasteiger partial charge is 0.494 e. The van der Waals surface area contributed by atoms with Gasteiger partial charge in [-0.05, 0) is 43.5 Å². The monoisotopic (exact) mass is 290 g/mol. The molecule has 0 spiro atoms. The Bertz CT molecular complexity index is 308. The fourth-order valence-corrected chi connectivity index (χ4v) is 2.32. The molecule has 0 aliphatic rings. The summed E-state index contributed by atoms with van der Waals surface area (Å²) >= 11 is 6.81. The lowest BCUT2D eigenvalue weighted by molar-refractivity contribution is 0.409. The second kappa shape index (κ2) is 4.10. The van der Waals surface area contributed by atoms with E-state index in [-0.39, 0.29) is 0 Å². The molecular formula is C9H8Br2O. The van der Waals surface area contributed by atoms with Crippen LogP contribution in [0.4, 0.5) is 0 Å². The summed E-state index contributed by atoms with van der Waals surface area (Å²) in [5.41, 5.74) is 1.02. The summed E-state index contributed by atoms with van der Waals surface area (Å²) in [6, 6.07) is 3.89. The molecule has 0 fully saturated rings. The maximum Gasteiger partial charge on any atom is 0.147 e. The van der Waals surface area contributed by atoms with Crippen molar-refractivity contribution >= 4 is 37.9 Å². The van der Waals surface area contributed by atoms with Crippen LogP contribution in [0.1, 0.15) is 5.56 Å². The normalized spacial score (nSPS) is 9.58. The van der Waals surface area contributed by atoms with Gasteiger partial charge in [-0.3, -0.25) is 0 Å². The minimum atomic E-state index is 0.799. The molecule has 1 rings (SSSR count). The lowest BCUT2D eigenvalue weighted by Crippen LogP contribution is -1.87. The molecule has 0 bridgehead atoms. The summed E-state index contributed by atoms with van der Waals surface area (Å²) in [7, 11) is 1.64. The lowest BCUT2D eigenvalue weighted by atomic mass is 10.2. The SMILES string of the molecule is C=Cc1ccc(Br)c(OC)c1Br. The van der Waals surface area contributed by atoms with Crippen LogP contribution in [-0.4, -0.2) is 7.11 Å². The second-order valence-corrected chi connectivity index (χ2v) is 3.84. The quantitative estimate of drug-likeness (QED) is 0.804. The van der Waals surface area contributed by atoms with Crippen molar-refractivity contribution in [3.63, 3.8) is 0 Å². The van der Waals surface area contributed by atoms with Crippen LogP contribution in [0.3, 0.4) is 0 Å². The summed E-state index contributed by atoms with van der Waals surface area (Å²) in [5.74, 6) is 0.799. The van der Waals surface area contributed by atoms with Crippen LogP contribution < -0.4 is 4.74 Å². The highest BCUT2D eigenvalue weighted by molar-refractivity contribution is 9.11. The number of benzene rings is 1. The first-order chi connectivity index (χ1) is 5.70. The first kappa shape index (κ1) is 9.81. The van der Waals surface area contributed by atoms with Gasteiger partial charge in [0.15, 0.2) is 0 Å². The zero-order chi connectivity index (χ0) is 9.14. The van der Waals surface area contributed by atoms with E-state index in [0.717, 1.165) is 20.3 Å². The molecule has 0 unspecified atom stereocenters. The number of hydrogen-bond acceptors (Lipinski definition) is 1. The topological polar surface area (TPSA) is 9.23 Å². The average molecular weight is 292 g/mol. The Balaban J connectivity index is 3.33. The second-order valence-electron chi connectivity index (χ2n) is 2.19. The molecule has 1 aromatic rings. The lowest BCUT2D eigenvalue weighted by Gasteiger charge is -2.07. The molecule has 1 nitrogen and oxygen atoms in total. The van der Waals surface area contributed by atoms with E-state index in [1.54, 1.807) is 13.2 Å². The van der Waals surface area contributed by atoms with E-state index >= 15 is 0 Å². The number of hydrogen-bond donors (Lipinski definition) is 0. The molecule has 12 heavy (non-hydrogen) atoms. The van der Waals surface area contributed by atoms with Gasteiger partial charge >= 0.3 is 0 Å². The molecule has 0 aliphatic carbocycles. The van der Waals surface area contributed by atoms with E-state index in [0.29, 0.717) is 0 Å². The number of ether oxygens (including phenoxy) is 1. The van der Waals surface area contributed by atoms with Crippen molar-refractivity contribution in [1.82, 2.24) is 0 Å². The number of halogens is 2. The van der Waals surface area contributed by atoms with Crippen LogP contribution >= 0.6 is 31.9 Å². The third-order valence-corrected chi connectivity index (χ3v) is 2.95. The van der Waals surface area contributed by atoms with Crippen LogP contribution in [0.15, 0.2) is 27.7 Å². The van der Waals surface area contributed by atoms with Crippen LogP contribution in [0.2, 0.25) is 0 Å². The van der Waals surface area contributed by atoms with E-state index in [1.807, 2.05) is 12.1 Å². The average Bonchev–Trinajstić information content (AvgIpc) is 2.06. The maximum absolute atomic E-state index is 5.18. The summed E-state index contributed by atoms with van der Waals surface area (Å²) in [6.45, 7) is 3.70. The Morgan fingerprint density at radius 2 is 2.08 bits per heavy atom. The first-order valence-electron chi connectivity index (χ1n) is 3.35. The van der Waals surface area contributed by atoms with Gasteiger partial charge in [0.05, 0.1) is 16.1 Å². The Morgan fingerprint density at radius 3 is 2.58 bits per heavy atom. The highest BCUT2D eigenvalue weighted by atomic mass is 79.9. The molecule has 3 heteroatoms. The Morgan fingerprint density at radius 1 is 1.42 bits per heavy atom. The Labute approximate surface area is 88.7 Å². The van der Waals surface area contributed by atoms with E-state index in [2.05, 4.69) is 38.4 Å². The van der Waals surface area contributed by atoms with Crippen molar-refractivity contribution < 1.29 is 4.74 Å². The molecule has 1 aromatic carbocycles. The smallest absolute Gasteiger partial charge is 0.147 e. The molecule has 0 N–H and O–H groups in total. The molecule has 64 valence electrons. The van der Waals surface area contributed by atoms with Gasteiger partial charge in [0.2, 0.25) is 0 Å². The fraction of sp³-hybridized carbons (Fsp3) is 0.111. The third-order valence-electron chi connectivity index (χ3n) is 1.50. The van der Waals surface area contributed by atoms with Gasteiger partial charge in [0, 0.05) is 0 Å². The van der Waals surface area contributed by atoms with Crippen LogP contribution in [0, 0.1) is 0 Å². The van der Waals surface area contributed by atoms with Crippen LogP contribution in [-0.2, 0) is 0 Å².